The van der Waals surface area contributed by atoms with Crippen LogP contribution in [-0.2, 0) is 14.3 Å². The van der Waals surface area contributed by atoms with E-state index < -0.39 is 0 Å². The van der Waals surface area contributed by atoms with Crippen molar-refractivity contribution in [3.63, 3.8) is 0 Å². The van der Waals surface area contributed by atoms with Crippen LogP contribution in [0.2, 0.25) is 0 Å². The van der Waals surface area contributed by atoms with Gasteiger partial charge in [-0.15, -0.1) is 0 Å². The number of likely N-dealkylation sites (N-methyl/N-ethyl adjacent to an activating group) is 1. The predicted octanol–water partition coefficient (Wildman–Crippen LogP) is 2.09. The van der Waals surface area contributed by atoms with Crippen molar-refractivity contribution in [2.24, 2.45) is 0 Å². The molecule has 0 radical (unpaired) electrons. The molecule has 0 aliphatic heterocycles. The number of benzene rings is 1. The van der Waals surface area contributed by atoms with Gasteiger partial charge in [-0.1, -0.05) is 6.07 Å². The van der Waals surface area contributed by atoms with Crippen molar-refractivity contribution in [1.29, 1.82) is 0 Å². The highest BCUT2D eigenvalue weighted by Gasteiger charge is 2.12. The molecule has 0 unspecified atom stereocenters. The van der Waals surface area contributed by atoms with Crippen molar-refractivity contribution >= 4 is 11.9 Å². The Hall–Kier alpha value is -2.04. The van der Waals surface area contributed by atoms with Gasteiger partial charge in [-0.3, -0.25) is 9.59 Å². The van der Waals surface area contributed by atoms with Gasteiger partial charge in [0.05, 0.1) is 13.0 Å². The van der Waals surface area contributed by atoms with Gasteiger partial charge in [0.1, 0.15) is 5.75 Å². The Bertz CT molecular complexity index is 479. The summed E-state index contributed by atoms with van der Waals surface area (Å²) in [6.45, 7) is 6.35. The molecule has 0 aromatic heterocycles. The molecular weight excluding hydrogens is 270 g/mol. The van der Waals surface area contributed by atoms with Gasteiger partial charge in [-0.25, -0.2) is 0 Å². The third kappa shape index (κ3) is 6.29. The topological polar surface area (TPSA) is 55.8 Å². The summed E-state index contributed by atoms with van der Waals surface area (Å²) in [4.78, 5) is 24.6. The molecule has 0 N–H and O–H groups in total. The molecule has 0 heterocycles. The SMILES string of the molecule is CCOC(=O)CCN(C)C(=O)COc1cc(C)cc(C)c1. The number of esters is 1. The van der Waals surface area contributed by atoms with Gasteiger partial charge in [-0.2, -0.15) is 0 Å². The van der Waals surface area contributed by atoms with Crippen LogP contribution in [0.3, 0.4) is 0 Å². The van der Waals surface area contributed by atoms with Crippen molar-refractivity contribution in [3.8, 4) is 5.75 Å². The van der Waals surface area contributed by atoms with Crippen LogP contribution in [0.4, 0.5) is 0 Å². The lowest BCUT2D eigenvalue weighted by molar-refractivity contribution is -0.144. The summed E-state index contributed by atoms with van der Waals surface area (Å²) < 4.78 is 10.3. The van der Waals surface area contributed by atoms with Crippen molar-refractivity contribution in [1.82, 2.24) is 4.90 Å². The molecule has 116 valence electrons. The summed E-state index contributed by atoms with van der Waals surface area (Å²) in [5.74, 6) is 0.213. The van der Waals surface area contributed by atoms with E-state index in [1.807, 2.05) is 32.0 Å². The molecule has 1 aromatic carbocycles. The molecule has 0 aliphatic carbocycles. The quantitative estimate of drug-likeness (QED) is 0.722. The van der Waals surface area contributed by atoms with Crippen molar-refractivity contribution < 1.29 is 19.1 Å². The molecule has 0 saturated carbocycles. The van der Waals surface area contributed by atoms with E-state index in [-0.39, 0.29) is 24.9 Å². The number of nitrogens with zero attached hydrogens (tertiary/aromatic N) is 1. The first-order chi connectivity index (χ1) is 9.92. The molecule has 0 spiro atoms. The lowest BCUT2D eigenvalue weighted by Crippen LogP contribution is -2.33. The highest BCUT2D eigenvalue weighted by Crippen LogP contribution is 2.16. The van der Waals surface area contributed by atoms with Crippen molar-refractivity contribution in [2.75, 3.05) is 26.8 Å². The molecule has 1 aromatic rings. The smallest absolute Gasteiger partial charge is 0.307 e. The van der Waals surface area contributed by atoms with Gasteiger partial charge in [0.15, 0.2) is 6.61 Å². The first-order valence-corrected chi connectivity index (χ1v) is 7.03. The van der Waals surface area contributed by atoms with Crippen molar-refractivity contribution in [2.45, 2.75) is 27.2 Å². The first kappa shape index (κ1) is 17.0. The number of aryl methyl sites for hydroxylation is 2. The fraction of sp³-hybridized carbons (Fsp3) is 0.500. The first-order valence-electron chi connectivity index (χ1n) is 7.03. The number of ether oxygens (including phenoxy) is 2. The van der Waals surface area contributed by atoms with E-state index in [9.17, 15) is 9.59 Å². The molecular formula is C16H23NO4. The number of carbonyl (C=O) groups is 2. The minimum atomic E-state index is -0.299. The zero-order valence-electron chi connectivity index (χ0n) is 13.1. The fourth-order valence-electron chi connectivity index (χ4n) is 1.89. The third-order valence-electron chi connectivity index (χ3n) is 2.94. The molecule has 0 bridgehead atoms. The van der Waals surface area contributed by atoms with Crippen LogP contribution in [0.1, 0.15) is 24.5 Å². The monoisotopic (exact) mass is 293 g/mol. The van der Waals surface area contributed by atoms with Gasteiger partial charge in [0, 0.05) is 13.6 Å². The van der Waals surface area contributed by atoms with Crippen molar-refractivity contribution in [3.05, 3.63) is 29.3 Å². The third-order valence-corrected chi connectivity index (χ3v) is 2.94. The molecule has 5 nitrogen and oxygen atoms in total. The van der Waals surface area contributed by atoms with E-state index in [1.165, 1.54) is 4.90 Å². The second kappa shape index (κ2) is 8.29. The molecule has 0 aliphatic rings. The number of hydrogen-bond acceptors (Lipinski definition) is 4. The molecule has 1 amide bonds. The second-order valence-electron chi connectivity index (χ2n) is 4.98. The summed E-state index contributed by atoms with van der Waals surface area (Å²) in [6, 6.07) is 5.82. The minimum absolute atomic E-state index is 0.0395. The Labute approximate surface area is 125 Å². The zero-order valence-corrected chi connectivity index (χ0v) is 13.1. The second-order valence-corrected chi connectivity index (χ2v) is 4.98. The Morgan fingerprint density at radius 1 is 1.14 bits per heavy atom. The van der Waals surface area contributed by atoms with Crippen LogP contribution in [0.25, 0.3) is 0 Å². The predicted molar refractivity (Wildman–Crippen MR) is 80.3 cm³/mol. The molecule has 0 saturated heterocycles. The maximum Gasteiger partial charge on any atom is 0.307 e. The van der Waals surface area contributed by atoms with Gasteiger partial charge < -0.3 is 14.4 Å². The average Bonchev–Trinajstić information content (AvgIpc) is 2.41. The van der Waals surface area contributed by atoms with E-state index in [0.29, 0.717) is 18.9 Å². The minimum Gasteiger partial charge on any atom is -0.484 e. The Balaban J connectivity index is 2.40. The van der Waals surface area contributed by atoms with Crippen LogP contribution in [0.5, 0.6) is 5.75 Å². The summed E-state index contributed by atoms with van der Waals surface area (Å²) in [6.07, 6.45) is 0.194. The normalized spacial score (nSPS) is 10.1. The lowest BCUT2D eigenvalue weighted by Gasteiger charge is -2.17. The number of amides is 1. The number of carbonyl (C=O) groups excluding carboxylic acids is 2. The maximum atomic E-state index is 11.9. The largest absolute Gasteiger partial charge is 0.484 e. The zero-order chi connectivity index (χ0) is 15.8. The average molecular weight is 293 g/mol. The highest BCUT2D eigenvalue weighted by atomic mass is 16.5. The standard InChI is InChI=1S/C16H23NO4/c1-5-20-16(19)6-7-17(4)15(18)11-21-14-9-12(2)8-13(3)10-14/h8-10H,5-7,11H2,1-4H3. The van der Waals surface area contributed by atoms with E-state index >= 15 is 0 Å². The molecule has 1 rings (SSSR count). The maximum absolute atomic E-state index is 11.9. The van der Waals surface area contributed by atoms with Crippen LogP contribution in [-0.4, -0.2) is 43.6 Å². The molecule has 21 heavy (non-hydrogen) atoms. The Morgan fingerprint density at radius 2 is 1.76 bits per heavy atom. The van der Waals surface area contributed by atoms with Crippen LogP contribution in [0.15, 0.2) is 18.2 Å². The molecule has 5 heteroatoms. The van der Waals surface area contributed by atoms with Crippen LogP contribution < -0.4 is 4.74 Å². The van der Waals surface area contributed by atoms with E-state index in [2.05, 4.69) is 0 Å². The van der Waals surface area contributed by atoms with E-state index in [4.69, 9.17) is 9.47 Å². The van der Waals surface area contributed by atoms with E-state index in [0.717, 1.165) is 11.1 Å². The summed E-state index contributed by atoms with van der Waals surface area (Å²) in [5, 5.41) is 0. The van der Waals surface area contributed by atoms with Gasteiger partial charge in [-0.05, 0) is 44.0 Å². The van der Waals surface area contributed by atoms with E-state index in [1.54, 1.807) is 14.0 Å². The van der Waals surface area contributed by atoms with Gasteiger partial charge in [0.25, 0.3) is 5.91 Å². The number of hydrogen-bond donors (Lipinski definition) is 0. The fourth-order valence-corrected chi connectivity index (χ4v) is 1.89. The number of rotatable bonds is 7. The summed E-state index contributed by atoms with van der Waals surface area (Å²) in [5.41, 5.74) is 2.18. The summed E-state index contributed by atoms with van der Waals surface area (Å²) >= 11 is 0. The Morgan fingerprint density at radius 3 is 2.33 bits per heavy atom. The lowest BCUT2D eigenvalue weighted by atomic mass is 10.1. The van der Waals surface area contributed by atoms with Crippen LogP contribution >= 0.6 is 0 Å². The van der Waals surface area contributed by atoms with Gasteiger partial charge in [0.2, 0.25) is 0 Å². The van der Waals surface area contributed by atoms with Gasteiger partial charge >= 0.3 is 5.97 Å². The van der Waals surface area contributed by atoms with Crippen LogP contribution in [0, 0.1) is 13.8 Å². The Kier molecular flexibility index (Phi) is 6.72. The molecule has 0 fully saturated rings. The summed E-state index contributed by atoms with van der Waals surface area (Å²) in [7, 11) is 1.65. The highest BCUT2D eigenvalue weighted by molar-refractivity contribution is 5.78. The molecule has 0 atom stereocenters.